The van der Waals surface area contributed by atoms with Gasteiger partial charge >= 0.3 is 6.18 Å². The van der Waals surface area contributed by atoms with Gasteiger partial charge in [0, 0.05) is 12.2 Å². The molecule has 0 saturated heterocycles. The number of rotatable bonds is 6. The normalized spacial score (nSPS) is 15.4. The number of benzene rings is 1. The molecule has 1 aromatic heterocycles. The van der Waals surface area contributed by atoms with Gasteiger partial charge in [-0.1, -0.05) is 12.1 Å². The van der Waals surface area contributed by atoms with Crippen molar-refractivity contribution in [3.8, 4) is 5.75 Å². The van der Waals surface area contributed by atoms with Crippen LogP contribution in [0.15, 0.2) is 48.7 Å². The first-order chi connectivity index (χ1) is 12.4. The van der Waals surface area contributed by atoms with Crippen molar-refractivity contribution in [3.63, 3.8) is 0 Å². The molecule has 0 bridgehead atoms. The summed E-state index contributed by atoms with van der Waals surface area (Å²) in [7, 11) is 0. The number of amides is 1. The lowest BCUT2D eigenvalue weighted by Gasteiger charge is -2.29. The Balaban J connectivity index is 1.68. The number of halogens is 3. The molecule has 1 aliphatic rings. The maximum absolute atomic E-state index is 12.8. The Bertz CT molecular complexity index is 761. The van der Waals surface area contributed by atoms with E-state index in [0.717, 1.165) is 30.7 Å². The van der Waals surface area contributed by atoms with Crippen LogP contribution >= 0.6 is 0 Å². The molecule has 1 atom stereocenters. The molecule has 1 aliphatic carbocycles. The van der Waals surface area contributed by atoms with Gasteiger partial charge in [-0.2, -0.15) is 13.2 Å². The molecule has 7 heteroatoms. The summed E-state index contributed by atoms with van der Waals surface area (Å²) < 4.78 is 43.6. The number of aromatic nitrogens is 1. The molecule has 1 saturated carbocycles. The van der Waals surface area contributed by atoms with E-state index in [4.69, 9.17) is 4.74 Å². The lowest BCUT2D eigenvalue weighted by molar-refractivity contribution is -0.137. The second-order valence-corrected chi connectivity index (χ2v) is 6.28. The third-order valence-electron chi connectivity index (χ3n) is 4.28. The lowest BCUT2D eigenvalue weighted by Crippen LogP contribution is -2.39. The van der Waals surface area contributed by atoms with E-state index in [1.807, 2.05) is 19.1 Å². The number of hydrogen-bond acceptors (Lipinski definition) is 3. The van der Waals surface area contributed by atoms with Gasteiger partial charge in [-0.05, 0) is 50.1 Å². The minimum atomic E-state index is -4.45. The average molecular weight is 364 g/mol. The summed E-state index contributed by atoms with van der Waals surface area (Å²) in [6.45, 7) is 1.58. The molecule has 3 rings (SSSR count). The number of carbonyl (C=O) groups excluding carboxylic acids is 1. The smallest absolute Gasteiger partial charge is 0.416 e. The van der Waals surface area contributed by atoms with Crippen molar-refractivity contribution in [2.24, 2.45) is 0 Å². The summed E-state index contributed by atoms with van der Waals surface area (Å²) in [5, 5.41) is 0. The molecule has 2 aromatic rings. The summed E-state index contributed by atoms with van der Waals surface area (Å²) in [5.74, 6) is -0.238. The Kier molecular flexibility index (Phi) is 5.15. The van der Waals surface area contributed by atoms with Gasteiger partial charge in [-0.25, -0.2) is 0 Å². The number of ether oxygens (including phenoxy) is 1. The molecule has 0 unspecified atom stereocenters. The Labute approximate surface area is 149 Å². The molecule has 1 heterocycles. The first kappa shape index (κ1) is 18.2. The number of nitrogens with zero attached hydrogens (tertiary/aromatic N) is 2. The molecular formula is C19H19F3N2O2. The minimum absolute atomic E-state index is 0.0226. The fourth-order valence-electron chi connectivity index (χ4n) is 2.84. The zero-order valence-electron chi connectivity index (χ0n) is 14.2. The molecule has 1 fully saturated rings. The zero-order valence-corrected chi connectivity index (χ0v) is 14.2. The van der Waals surface area contributed by atoms with Crippen LogP contribution in [0.2, 0.25) is 0 Å². The maximum atomic E-state index is 12.8. The van der Waals surface area contributed by atoms with Gasteiger partial charge in [-0.3, -0.25) is 9.78 Å². The fraction of sp³-hybridized carbons (Fsp3) is 0.368. The topological polar surface area (TPSA) is 42.4 Å². The Morgan fingerprint density at radius 3 is 2.65 bits per heavy atom. The molecule has 0 N–H and O–H groups in total. The van der Waals surface area contributed by atoms with Crippen molar-refractivity contribution in [2.45, 2.75) is 38.0 Å². The summed E-state index contributed by atoms with van der Waals surface area (Å²) >= 11 is 0. The highest BCUT2D eigenvalue weighted by Crippen LogP contribution is 2.34. The van der Waals surface area contributed by atoms with Crippen molar-refractivity contribution in [2.75, 3.05) is 6.61 Å². The molecule has 0 spiro atoms. The molecule has 4 nitrogen and oxygen atoms in total. The van der Waals surface area contributed by atoms with Crippen molar-refractivity contribution in [3.05, 3.63) is 59.9 Å². The van der Waals surface area contributed by atoms with E-state index in [1.165, 1.54) is 12.1 Å². The molecule has 0 aliphatic heterocycles. The second-order valence-electron chi connectivity index (χ2n) is 6.28. The standard InChI is InChI=1S/C19H19F3N2O2/c1-13(17-7-2-3-10-23-17)24(15-8-9-15)18(25)12-26-16-6-4-5-14(11-16)19(20,21)22/h2-7,10-11,13,15H,8-9,12H2,1H3/t13-/m0/s1. The van der Waals surface area contributed by atoms with Crippen LogP contribution in [0.4, 0.5) is 13.2 Å². The van der Waals surface area contributed by atoms with Crippen LogP contribution in [-0.4, -0.2) is 28.4 Å². The van der Waals surface area contributed by atoms with E-state index in [9.17, 15) is 18.0 Å². The van der Waals surface area contributed by atoms with Gasteiger partial charge in [0.15, 0.2) is 6.61 Å². The number of carbonyl (C=O) groups is 1. The molecule has 1 amide bonds. The first-order valence-corrected chi connectivity index (χ1v) is 8.38. The van der Waals surface area contributed by atoms with Gasteiger partial charge in [0.1, 0.15) is 5.75 Å². The predicted octanol–water partition coefficient (Wildman–Crippen LogP) is 4.23. The minimum Gasteiger partial charge on any atom is -0.484 e. The number of pyridine rings is 1. The van der Waals surface area contributed by atoms with E-state index >= 15 is 0 Å². The van der Waals surface area contributed by atoms with Crippen molar-refractivity contribution in [1.29, 1.82) is 0 Å². The Morgan fingerprint density at radius 1 is 1.27 bits per heavy atom. The quantitative estimate of drug-likeness (QED) is 0.770. The lowest BCUT2D eigenvalue weighted by atomic mass is 10.1. The monoisotopic (exact) mass is 364 g/mol. The van der Waals surface area contributed by atoms with Crippen LogP contribution < -0.4 is 4.74 Å². The van der Waals surface area contributed by atoms with Gasteiger partial charge in [0.25, 0.3) is 5.91 Å². The second kappa shape index (κ2) is 7.35. The van der Waals surface area contributed by atoms with Gasteiger partial charge in [0.2, 0.25) is 0 Å². The number of alkyl halides is 3. The third kappa shape index (κ3) is 4.33. The SMILES string of the molecule is C[C@@H](c1ccccn1)N(C(=O)COc1cccc(C(F)(F)F)c1)C1CC1. The molecule has 1 aromatic carbocycles. The maximum Gasteiger partial charge on any atom is 0.416 e. The fourth-order valence-corrected chi connectivity index (χ4v) is 2.84. The Hall–Kier alpha value is -2.57. The summed E-state index contributed by atoms with van der Waals surface area (Å²) in [5.41, 5.74) is -0.0322. The van der Waals surface area contributed by atoms with Crippen molar-refractivity contribution < 1.29 is 22.7 Å². The highest BCUT2D eigenvalue weighted by molar-refractivity contribution is 5.79. The van der Waals surface area contributed by atoms with Gasteiger partial charge < -0.3 is 9.64 Å². The largest absolute Gasteiger partial charge is 0.484 e. The van der Waals surface area contributed by atoms with Crippen LogP contribution in [0.5, 0.6) is 5.75 Å². The summed E-state index contributed by atoms with van der Waals surface area (Å²) in [4.78, 5) is 18.7. The van der Waals surface area contributed by atoms with E-state index in [0.29, 0.717) is 0 Å². The van der Waals surface area contributed by atoms with Crippen LogP contribution in [0, 0.1) is 0 Å². The van der Waals surface area contributed by atoms with Crippen molar-refractivity contribution in [1.82, 2.24) is 9.88 Å². The molecular weight excluding hydrogens is 345 g/mol. The molecule has 0 radical (unpaired) electrons. The highest BCUT2D eigenvalue weighted by Gasteiger charge is 2.37. The van der Waals surface area contributed by atoms with E-state index in [-0.39, 0.29) is 30.3 Å². The molecule has 26 heavy (non-hydrogen) atoms. The van der Waals surface area contributed by atoms with Crippen LogP contribution in [0.3, 0.4) is 0 Å². The van der Waals surface area contributed by atoms with Crippen LogP contribution in [-0.2, 0) is 11.0 Å². The highest BCUT2D eigenvalue weighted by atomic mass is 19.4. The van der Waals surface area contributed by atoms with Crippen LogP contribution in [0.25, 0.3) is 0 Å². The average Bonchev–Trinajstić information content (AvgIpc) is 3.45. The summed E-state index contributed by atoms with van der Waals surface area (Å²) in [6, 6.07) is 9.95. The Morgan fingerprint density at radius 2 is 2.04 bits per heavy atom. The van der Waals surface area contributed by atoms with Gasteiger partial charge in [-0.15, -0.1) is 0 Å². The van der Waals surface area contributed by atoms with Crippen molar-refractivity contribution >= 4 is 5.91 Å². The number of hydrogen-bond donors (Lipinski definition) is 0. The van der Waals surface area contributed by atoms with E-state index in [1.54, 1.807) is 17.2 Å². The molecule has 138 valence electrons. The summed E-state index contributed by atoms with van der Waals surface area (Å²) in [6.07, 6.45) is -0.962. The van der Waals surface area contributed by atoms with E-state index < -0.39 is 11.7 Å². The third-order valence-corrected chi connectivity index (χ3v) is 4.28. The predicted molar refractivity (Wildman–Crippen MR) is 89.5 cm³/mol. The van der Waals surface area contributed by atoms with Gasteiger partial charge in [0.05, 0.1) is 17.3 Å². The zero-order chi connectivity index (χ0) is 18.7. The first-order valence-electron chi connectivity index (χ1n) is 8.38. The van der Waals surface area contributed by atoms with Crippen LogP contribution in [0.1, 0.15) is 37.1 Å². The van der Waals surface area contributed by atoms with E-state index in [2.05, 4.69) is 4.98 Å².